The van der Waals surface area contributed by atoms with Crippen molar-refractivity contribution in [2.75, 3.05) is 0 Å². The Morgan fingerprint density at radius 3 is 2.71 bits per heavy atom. The number of hydrogen-bond donors (Lipinski definition) is 2. The van der Waals surface area contributed by atoms with Gasteiger partial charge in [-0.2, -0.15) is 5.10 Å². The van der Waals surface area contributed by atoms with Crippen LogP contribution in [0, 0.1) is 10.1 Å². The lowest BCUT2D eigenvalue weighted by Crippen LogP contribution is -2.17. The van der Waals surface area contributed by atoms with Crippen LogP contribution in [0.25, 0.3) is 0 Å². The summed E-state index contributed by atoms with van der Waals surface area (Å²) in [6.45, 7) is 0. The summed E-state index contributed by atoms with van der Waals surface area (Å²) in [7, 11) is 0. The number of hydrazone groups is 1. The molecule has 0 aliphatic rings. The van der Waals surface area contributed by atoms with Crippen molar-refractivity contribution < 1.29 is 14.8 Å². The minimum absolute atomic E-state index is 0.0229. The maximum absolute atomic E-state index is 11.7. The van der Waals surface area contributed by atoms with E-state index in [0.29, 0.717) is 5.56 Å². The number of benzene rings is 2. The van der Waals surface area contributed by atoms with Crippen molar-refractivity contribution in [2.24, 2.45) is 5.10 Å². The molecule has 0 aliphatic carbocycles. The molecule has 0 unspecified atom stereocenters. The zero-order chi connectivity index (χ0) is 15.2. The van der Waals surface area contributed by atoms with Gasteiger partial charge in [0.2, 0.25) is 0 Å². The fourth-order valence-corrected chi connectivity index (χ4v) is 1.60. The van der Waals surface area contributed by atoms with Crippen LogP contribution in [0.2, 0.25) is 0 Å². The summed E-state index contributed by atoms with van der Waals surface area (Å²) in [6.07, 6.45) is 1.30. The second-order valence-electron chi connectivity index (χ2n) is 4.10. The van der Waals surface area contributed by atoms with E-state index in [9.17, 15) is 20.0 Å². The molecule has 2 aromatic rings. The molecule has 0 fully saturated rings. The molecule has 1 amide bonds. The van der Waals surface area contributed by atoms with E-state index < -0.39 is 10.8 Å². The van der Waals surface area contributed by atoms with Crippen LogP contribution in [0.4, 0.5) is 5.69 Å². The first-order valence-corrected chi connectivity index (χ1v) is 5.93. The summed E-state index contributed by atoms with van der Waals surface area (Å²) in [5, 5.41) is 23.6. The van der Waals surface area contributed by atoms with E-state index in [2.05, 4.69) is 10.5 Å². The number of phenolic OH excluding ortho intramolecular Hbond substituents is 1. The zero-order valence-corrected chi connectivity index (χ0v) is 10.8. The summed E-state index contributed by atoms with van der Waals surface area (Å²) in [5.41, 5.74) is 2.96. The molecular weight excluding hydrogens is 274 g/mol. The minimum Gasteiger partial charge on any atom is -0.508 e. The molecule has 21 heavy (non-hydrogen) atoms. The number of phenols is 1. The van der Waals surface area contributed by atoms with E-state index >= 15 is 0 Å². The first-order chi connectivity index (χ1) is 10.1. The van der Waals surface area contributed by atoms with Crippen LogP contribution < -0.4 is 5.43 Å². The molecule has 2 rings (SSSR count). The van der Waals surface area contributed by atoms with E-state index in [0.717, 1.165) is 0 Å². The van der Waals surface area contributed by atoms with Gasteiger partial charge in [-0.05, 0) is 18.2 Å². The topological polar surface area (TPSA) is 105 Å². The predicted molar refractivity (Wildman–Crippen MR) is 76.3 cm³/mol. The quantitative estimate of drug-likeness (QED) is 0.509. The van der Waals surface area contributed by atoms with Crippen molar-refractivity contribution >= 4 is 17.8 Å². The Morgan fingerprint density at radius 2 is 2.00 bits per heavy atom. The normalized spacial score (nSPS) is 10.5. The van der Waals surface area contributed by atoms with Gasteiger partial charge in [0.05, 0.1) is 11.1 Å². The second-order valence-corrected chi connectivity index (χ2v) is 4.10. The molecule has 0 saturated carbocycles. The molecule has 0 spiro atoms. The molecule has 0 radical (unpaired) electrons. The van der Waals surface area contributed by atoms with Crippen molar-refractivity contribution in [3.8, 4) is 5.75 Å². The van der Waals surface area contributed by atoms with Crippen molar-refractivity contribution in [3.05, 3.63) is 69.8 Å². The molecule has 0 aliphatic heterocycles. The third-order valence-corrected chi connectivity index (χ3v) is 2.57. The number of nitro groups is 1. The van der Waals surface area contributed by atoms with Gasteiger partial charge in [0, 0.05) is 23.3 Å². The number of aromatic hydroxyl groups is 1. The van der Waals surface area contributed by atoms with E-state index in [1.807, 2.05) is 0 Å². The smallest absolute Gasteiger partial charge is 0.271 e. The Balaban J connectivity index is 2.04. The van der Waals surface area contributed by atoms with Crippen molar-refractivity contribution in [1.29, 1.82) is 0 Å². The monoisotopic (exact) mass is 285 g/mol. The molecule has 2 N–H and O–H groups in total. The number of nitrogens with zero attached hydrogens (tertiary/aromatic N) is 2. The number of amides is 1. The van der Waals surface area contributed by atoms with Gasteiger partial charge >= 0.3 is 0 Å². The van der Waals surface area contributed by atoms with Gasteiger partial charge in [0.25, 0.3) is 11.6 Å². The maximum atomic E-state index is 11.7. The second kappa shape index (κ2) is 6.29. The fraction of sp³-hybridized carbons (Fsp3) is 0. The van der Waals surface area contributed by atoms with Crippen LogP contribution >= 0.6 is 0 Å². The Bertz CT molecular complexity index is 713. The van der Waals surface area contributed by atoms with Gasteiger partial charge in [-0.1, -0.05) is 18.2 Å². The molecule has 0 aromatic heterocycles. The lowest BCUT2D eigenvalue weighted by molar-refractivity contribution is -0.384. The van der Waals surface area contributed by atoms with Gasteiger partial charge in [-0.3, -0.25) is 14.9 Å². The number of hydrogen-bond acceptors (Lipinski definition) is 5. The number of non-ortho nitro benzene ring substituents is 1. The maximum Gasteiger partial charge on any atom is 0.271 e. The van der Waals surface area contributed by atoms with E-state index in [1.54, 1.807) is 6.07 Å². The molecule has 7 heteroatoms. The van der Waals surface area contributed by atoms with Crippen LogP contribution in [0.1, 0.15) is 15.9 Å². The number of nitro benzene ring substituents is 1. The molecular formula is C14H11N3O4. The third-order valence-electron chi connectivity index (χ3n) is 2.57. The van der Waals surface area contributed by atoms with Crippen LogP contribution in [-0.2, 0) is 0 Å². The molecule has 106 valence electrons. The Kier molecular flexibility index (Phi) is 4.25. The van der Waals surface area contributed by atoms with Crippen molar-refractivity contribution in [1.82, 2.24) is 5.43 Å². The highest BCUT2D eigenvalue weighted by Crippen LogP contribution is 2.12. The first-order valence-electron chi connectivity index (χ1n) is 5.93. The standard InChI is InChI=1S/C14H11N3O4/c18-13-6-2-4-11(8-13)14(19)16-15-9-10-3-1-5-12(7-10)17(20)21/h1-9,18H,(H,16,19)/b15-9+. The van der Waals surface area contributed by atoms with Gasteiger partial charge in [-0.25, -0.2) is 5.43 Å². The Labute approximate surface area is 119 Å². The highest BCUT2D eigenvalue weighted by molar-refractivity contribution is 5.95. The van der Waals surface area contributed by atoms with Crippen LogP contribution in [-0.4, -0.2) is 22.2 Å². The van der Waals surface area contributed by atoms with Gasteiger partial charge in [0.1, 0.15) is 5.75 Å². The number of carbonyl (C=O) groups is 1. The largest absolute Gasteiger partial charge is 0.508 e. The molecule has 7 nitrogen and oxygen atoms in total. The van der Waals surface area contributed by atoms with Crippen LogP contribution in [0.3, 0.4) is 0 Å². The number of rotatable bonds is 4. The summed E-state index contributed by atoms with van der Waals surface area (Å²) >= 11 is 0. The summed E-state index contributed by atoms with van der Waals surface area (Å²) in [6, 6.07) is 11.7. The molecule has 0 bridgehead atoms. The lowest BCUT2D eigenvalue weighted by atomic mass is 10.2. The summed E-state index contributed by atoms with van der Waals surface area (Å²) in [4.78, 5) is 21.8. The summed E-state index contributed by atoms with van der Waals surface area (Å²) < 4.78 is 0. The first kappa shape index (κ1) is 14.2. The SMILES string of the molecule is O=C(N/N=C/c1cccc([N+](=O)[O-])c1)c1cccc(O)c1. The van der Waals surface area contributed by atoms with Crippen molar-refractivity contribution in [3.63, 3.8) is 0 Å². The Hall–Kier alpha value is -3.22. The Morgan fingerprint density at radius 1 is 1.24 bits per heavy atom. The van der Waals surface area contributed by atoms with E-state index in [-0.39, 0.29) is 17.0 Å². The fourth-order valence-electron chi connectivity index (χ4n) is 1.60. The van der Waals surface area contributed by atoms with Crippen molar-refractivity contribution in [2.45, 2.75) is 0 Å². The van der Waals surface area contributed by atoms with E-state index in [1.165, 1.54) is 48.7 Å². The third kappa shape index (κ3) is 3.87. The predicted octanol–water partition coefficient (Wildman–Crippen LogP) is 2.06. The minimum atomic E-state index is -0.511. The van der Waals surface area contributed by atoms with Crippen LogP contribution in [0.5, 0.6) is 5.75 Å². The van der Waals surface area contributed by atoms with Gasteiger partial charge in [-0.15, -0.1) is 0 Å². The molecule has 0 saturated heterocycles. The molecule has 0 heterocycles. The lowest BCUT2D eigenvalue weighted by Gasteiger charge is -2.00. The number of nitrogens with one attached hydrogen (secondary N) is 1. The summed E-state index contributed by atoms with van der Waals surface area (Å²) in [5.74, 6) is -0.516. The molecule has 0 atom stereocenters. The molecule has 2 aromatic carbocycles. The van der Waals surface area contributed by atoms with Crippen LogP contribution in [0.15, 0.2) is 53.6 Å². The zero-order valence-electron chi connectivity index (χ0n) is 10.8. The van der Waals surface area contributed by atoms with E-state index in [4.69, 9.17) is 0 Å². The highest BCUT2D eigenvalue weighted by atomic mass is 16.6. The van der Waals surface area contributed by atoms with Gasteiger partial charge in [0.15, 0.2) is 0 Å². The average Bonchev–Trinajstić information content (AvgIpc) is 2.47. The number of carbonyl (C=O) groups excluding carboxylic acids is 1. The highest BCUT2D eigenvalue weighted by Gasteiger charge is 2.05. The van der Waals surface area contributed by atoms with Gasteiger partial charge < -0.3 is 5.11 Å². The average molecular weight is 285 g/mol.